The van der Waals surface area contributed by atoms with Crippen molar-refractivity contribution in [1.29, 1.82) is 0 Å². The van der Waals surface area contributed by atoms with E-state index in [1.54, 1.807) is 11.8 Å². The van der Waals surface area contributed by atoms with E-state index in [0.29, 0.717) is 24.8 Å². The first-order valence-electron chi connectivity index (χ1n) is 8.60. The van der Waals surface area contributed by atoms with Gasteiger partial charge in [0, 0.05) is 18.0 Å². The molecule has 0 aliphatic rings. The number of hydrogen-bond acceptors (Lipinski definition) is 3. The fourth-order valence-corrected chi connectivity index (χ4v) is 3.41. The molecule has 2 aromatic carbocycles. The predicted molar refractivity (Wildman–Crippen MR) is 103 cm³/mol. The molecule has 1 N–H and O–H groups in total. The number of fused-ring (bicyclic) bond motifs is 1. The summed E-state index contributed by atoms with van der Waals surface area (Å²) in [5.74, 6) is 0.986. The highest BCUT2D eigenvalue weighted by atomic mass is 32.2. The molecule has 1 atom stereocenters. The maximum Gasteiger partial charge on any atom is 0.230 e. The molecule has 2 aromatic rings. The van der Waals surface area contributed by atoms with Crippen molar-refractivity contribution in [2.24, 2.45) is 5.92 Å². The van der Waals surface area contributed by atoms with E-state index in [1.165, 1.54) is 10.8 Å². The number of hydrogen-bond donors (Lipinski definition) is 1. The monoisotopic (exact) mass is 345 g/mol. The van der Waals surface area contributed by atoms with Gasteiger partial charge in [-0.2, -0.15) is 0 Å². The van der Waals surface area contributed by atoms with Crippen molar-refractivity contribution in [2.75, 3.05) is 18.9 Å². The van der Waals surface area contributed by atoms with Gasteiger partial charge in [0.1, 0.15) is 0 Å². The molecule has 0 unspecified atom stereocenters. The minimum Gasteiger partial charge on any atom is -0.378 e. The molecule has 0 saturated carbocycles. The van der Waals surface area contributed by atoms with Crippen LogP contribution in [0.3, 0.4) is 0 Å². The Balaban J connectivity index is 1.76. The second-order valence-corrected chi connectivity index (χ2v) is 7.22. The van der Waals surface area contributed by atoms with Gasteiger partial charge < -0.3 is 10.1 Å². The van der Waals surface area contributed by atoms with Gasteiger partial charge in [0.05, 0.1) is 11.9 Å². The van der Waals surface area contributed by atoms with E-state index in [-0.39, 0.29) is 12.0 Å². The number of benzene rings is 2. The minimum atomic E-state index is 0.0761. The minimum absolute atomic E-state index is 0.0761. The second kappa shape index (κ2) is 9.70. The fraction of sp³-hybridized carbons (Fsp3) is 0.450. The Bertz CT molecular complexity index is 657. The van der Waals surface area contributed by atoms with Crippen LogP contribution in [0.2, 0.25) is 0 Å². The maximum absolute atomic E-state index is 12.0. The zero-order chi connectivity index (χ0) is 17.4. The summed E-state index contributed by atoms with van der Waals surface area (Å²) in [6, 6.07) is 14.6. The highest BCUT2D eigenvalue weighted by Gasteiger charge is 2.13. The van der Waals surface area contributed by atoms with Crippen LogP contribution in [0.4, 0.5) is 0 Å². The lowest BCUT2D eigenvalue weighted by Gasteiger charge is -2.20. The van der Waals surface area contributed by atoms with Gasteiger partial charge in [0.25, 0.3) is 0 Å². The quantitative estimate of drug-likeness (QED) is 0.680. The van der Waals surface area contributed by atoms with E-state index in [1.807, 2.05) is 19.1 Å². The van der Waals surface area contributed by atoms with Crippen LogP contribution < -0.4 is 5.32 Å². The molecule has 0 aliphatic heterocycles. The van der Waals surface area contributed by atoms with Crippen LogP contribution in [0, 0.1) is 5.92 Å². The zero-order valence-electron chi connectivity index (χ0n) is 14.7. The first-order valence-corrected chi connectivity index (χ1v) is 9.58. The fourth-order valence-electron chi connectivity index (χ4n) is 2.63. The topological polar surface area (TPSA) is 38.3 Å². The average Bonchev–Trinajstić information content (AvgIpc) is 2.59. The summed E-state index contributed by atoms with van der Waals surface area (Å²) in [6.07, 6.45) is 1.07. The summed E-state index contributed by atoms with van der Waals surface area (Å²) >= 11 is 1.58. The van der Waals surface area contributed by atoms with Crippen LogP contribution in [-0.2, 0) is 9.53 Å². The number of rotatable bonds is 9. The average molecular weight is 346 g/mol. The molecule has 0 bridgehead atoms. The molecular formula is C20H27NO2S. The standard InChI is InChI=1S/C20H27NO2S/c1-4-23-19(15(2)3)11-12-21-20(22)14-24-18-10-9-16-7-5-6-8-17(16)13-18/h5-10,13,15,19H,4,11-12,14H2,1-3H3,(H,21,22)/t19-/m1/s1. The van der Waals surface area contributed by atoms with Crippen LogP contribution in [-0.4, -0.2) is 30.9 Å². The molecule has 130 valence electrons. The maximum atomic E-state index is 12.0. The summed E-state index contributed by atoms with van der Waals surface area (Å²) in [5.41, 5.74) is 0. The van der Waals surface area contributed by atoms with Gasteiger partial charge in [-0.05, 0) is 42.2 Å². The van der Waals surface area contributed by atoms with E-state index in [2.05, 4.69) is 49.5 Å². The molecule has 0 aliphatic carbocycles. The lowest BCUT2D eigenvalue weighted by molar-refractivity contribution is -0.118. The van der Waals surface area contributed by atoms with Crippen molar-refractivity contribution >= 4 is 28.4 Å². The van der Waals surface area contributed by atoms with Gasteiger partial charge in [0.15, 0.2) is 0 Å². The summed E-state index contributed by atoms with van der Waals surface area (Å²) in [7, 11) is 0. The second-order valence-electron chi connectivity index (χ2n) is 6.17. The van der Waals surface area contributed by atoms with Crippen LogP contribution in [0.25, 0.3) is 10.8 Å². The number of carbonyl (C=O) groups excluding carboxylic acids is 1. The highest BCUT2D eigenvalue weighted by Crippen LogP contribution is 2.23. The SMILES string of the molecule is CCO[C@H](CCNC(=O)CSc1ccc2ccccc2c1)C(C)C. The normalized spacial score (nSPS) is 12.5. The van der Waals surface area contributed by atoms with Gasteiger partial charge in [0.2, 0.25) is 5.91 Å². The van der Waals surface area contributed by atoms with Crippen LogP contribution in [0.5, 0.6) is 0 Å². The Morgan fingerprint density at radius 1 is 1.17 bits per heavy atom. The third kappa shape index (κ3) is 5.84. The lowest BCUT2D eigenvalue weighted by atomic mass is 10.0. The molecule has 4 heteroatoms. The van der Waals surface area contributed by atoms with E-state index >= 15 is 0 Å². The molecule has 0 heterocycles. The number of nitrogens with one attached hydrogen (secondary N) is 1. The molecule has 0 spiro atoms. The lowest BCUT2D eigenvalue weighted by Crippen LogP contribution is -2.31. The Morgan fingerprint density at radius 2 is 1.92 bits per heavy atom. The van der Waals surface area contributed by atoms with Crippen LogP contribution in [0.1, 0.15) is 27.2 Å². The first-order chi connectivity index (χ1) is 11.6. The molecule has 0 radical (unpaired) electrons. The summed E-state index contributed by atoms with van der Waals surface area (Å²) in [6.45, 7) is 7.69. The van der Waals surface area contributed by atoms with Crippen molar-refractivity contribution < 1.29 is 9.53 Å². The largest absolute Gasteiger partial charge is 0.378 e. The van der Waals surface area contributed by atoms with Gasteiger partial charge in [-0.25, -0.2) is 0 Å². The third-order valence-electron chi connectivity index (χ3n) is 3.97. The van der Waals surface area contributed by atoms with Crippen LogP contribution >= 0.6 is 11.8 Å². The Morgan fingerprint density at radius 3 is 2.62 bits per heavy atom. The van der Waals surface area contributed by atoms with Gasteiger partial charge in [-0.3, -0.25) is 4.79 Å². The van der Waals surface area contributed by atoms with E-state index in [9.17, 15) is 4.79 Å². The smallest absolute Gasteiger partial charge is 0.230 e. The molecular weight excluding hydrogens is 318 g/mol. The number of thioether (sulfide) groups is 1. The number of ether oxygens (including phenoxy) is 1. The van der Waals surface area contributed by atoms with Gasteiger partial charge in [-0.1, -0.05) is 44.2 Å². The van der Waals surface area contributed by atoms with E-state index in [4.69, 9.17) is 4.74 Å². The number of amides is 1. The zero-order valence-corrected chi connectivity index (χ0v) is 15.6. The Hall–Kier alpha value is -1.52. The van der Waals surface area contributed by atoms with Crippen molar-refractivity contribution in [3.05, 3.63) is 42.5 Å². The van der Waals surface area contributed by atoms with E-state index < -0.39 is 0 Å². The molecule has 24 heavy (non-hydrogen) atoms. The molecule has 0 aromatic heterocycles. The van der Waals surface area contributed by atoms with Gasteiger partial charge in [-0.15, -0.1) is 11.8 Å². The van der Waals surface area contributed by atoms with Crippen molar-refractivity contribution in [3.8, 4) is 0 Å². The molecule has 2 rings (SSSR count). The van der Waals surface area contributed by atoms with Crippen molar-refractivity contribution in [3.63, 3.8) is 0 Å². The van der Waals surface area contributed by atoms with Crippen molar-refractivity contribution in [2.45, 2.75) is 38.2 Å². The first kappa shape index (κ1) is 18.8. The van der Waals surface area contributed by atoms with Crippen molar-refractivity contribution in [1.82, 2.24) is 5.32 Å². The molecule has 3 nitrogen and oxygen atoms in total. The van der Waals surface area contributed by atoms with Crippen LogP contribution in [0.15, 0.2) is 47.4 Å². The summed E-state index contributed by atoms with van der Waals surface area (Å²) in [5, 5.41) is 5.43. The number of carbonyl (C=O) groups is 1. The summed E-state index contributed by atoms with van der Waals surface area (Å²) < 4.78 is 5.70. The summed E-state index contributed by atoms with van der Waals surface area (Å²) in [4.78, 5) is 13.1. The van der Waals surface area contributed by atoms with E-state index in [0.717, 1.165) is 11.3 Å². The third-order valence-corrected chi connectivity index (χ3v) is 4.96. The Kier molecular flexibility index (Phi) is 7.60. The molecule has 0 saturated heterocycles. The Labute approximate surface area is 149 Å². The van der Waals surface area contributed by atoms with Gasteiger partial charge >= 0.3 is 0 Å². The molecule has 1 amide bonds. The molecule has 0 fully saturated rings. The highest BCUT2D eigenvalue weighted by molar-refractivity contribution is 8.00. The predicted octanol–water partition coefficient (Wildman–Crippen LogP) is 4.50.